The first-order valence-electron chi connectivity index (χ1n) is 14.1. The van der Waals surface area contributed by atoms with E-state index in [1.54, 1.807) is 0 Å². The first-order valence-corrected chi connectivity index (χ1v) is 14.1. The monoisotopic (exact) mass is 476 g/mol. The number of rotatable bonds is 4. The molecule has 2 saturated carbocycles. The van der Waals surface area contributed by atoms with Gasteiger partial charge in [-0.2, -0.15) is 0 Å². The molecular formula is C31H48N4. The fraction of sp³-hybridized carbons (Fsp3) is 0.742. The zero-order chi connectivity index (χ0) is 25.3. The van der Waals surface area contributed by atoms with Gasteiger partial charge in [0.2, 0.25) is 0 Å². The van der Waals surface area contributed by atoms with Gasteiger partial charge in [-0.1, -0.05) is 27.7 Å². The molecular weight excluding hydrogens is 428 g/mol. The maximum Gasteiger partial charge on any atom is 0.109 e. The molecule has 4 nitrogen and oxygen atoms in total. The first-order chi connectivity index (χ1) is 16.3. The summed E-state index contributed by atoms with van der Waals surface area (Å²) < 4.78 is 4.87. The Morgan fingerprint density at radius 3 is 2.11 bits per heavy atom. The summed E-state index contributed by atoms with van der Waals surface area (Å²) >= 11 is 0. The molecule has 4 bridgehead atoms. The van der Waals surface area contributed by atoms with E-state index in [9.17, 15) is 0 Å². The fourth-order valence-electron chi connectivity index (χ4n) is 10.3. The van der Waals surface area contributed by atoms with Gasteiger partial charge in [0.25, 0.3) is 0 Å². The Morgan fingerprint density at radius 1 is 0.829 bits per heavy atom. The van der Waals surface area contributed by atoms with E-state index in [0.717, 1.165) is 5.92 Å². The zero-order valence-corrected chi connectivity index (χ0v) is 23.9. The molecule has 2 aromatic heterocycles. The Labute approximate surface area is 213 Å². The van der Waals surface area contributed by atoms with Crippen LogP contribution in [0, 0.1) is 28.6 Å². The van der Waals surface area contributed by atoms with E-state index in [4.69, 9.17) is 0 Å². The average Bonchev–Trinajstić information content (AvgIpc) is 3.53. The number of nitrogens with zero attached hydrogens (tertiary/aromatic N) is 4. The molecule has 4 fully saturated rings. The Morgan fingerprint density at radius 2 is 1.51 bits per heavy atom. The Balaban J connectivity index is 1.30. The molecule has 0 spiro atoms. The lowest BCUT2D eigenvalue weighted by Gasteiger charge is -2.51. The van der Waals surface area contributed by atoms with Gasteiger partial charge in [0.05, 0.1) is 0 Å². The zero-order valence-electron chi connectivity index (χ0n) is 23.9. The average molecular weight is 477 g/mol. The molecule has 0 N–H and O–H groups in total. The first kappa shape index (κ1) is 23.6. The van der Waals surface area contributed by atoms with Crippen LogP contribution in [0.4, 0.5) is 11.6 Å². The van der Waals surface area contributed by atoms with E-state index in [0.29, 0.717) is 40.3 Å². The van der Waals surface area contributed by atoms with Gasteiger partial charge in [0, 0.05) is 49.1 Å². The molecule has 192 valence electrons. The molecule has 4 aliphatic rings. The van der Waals surface area contributed by atoms with Crippen molar-refractivity contribution in [3.05, 3.63) is 36.2 Å². The lowest BCUT2D eigenvalue weighted by molar-refractivity contribution is 0.129. The fourth-order valence-corrected chi connectivity index (χ4v) is 10.3. The Hall–Kier alpha value is -1.84. The smallest absolute Gasteiger partial charge is 0.109 e. The maximum absolute atomic E-state index is 2.80. The second kappa shape index (κ2) is 6.92. The third kappa shape index (κ3) is 2.70. The number of piperidine rings is 2. The van der Waals surface area contributed by atoms with Crippen LogP contribution in [-0.4, -0.2) is 32.3 Å². The molecule has 2 aliphatic carbocycles. The van der Waals surface area contributed by atoms with Crippen LogP contribution in [-0.2, 0) is 20.5 Å². The standard InChI is InChI=1S/C31H48N4/c1-20-17-28(5)18-29(20,6)22(3)34(28)27-14-13-24(33(27)10)16-25-21(2)31(8)19-30(25,7)23(4)35(31)26-12-11-15-32(26)9/h11-15,20-23,25H,16-19H2,1-10H3/t20?,21?,22-,23-,25?,28?,29?,30?,31?/m0/s1. The lowest BCUT2D eigenvalue weighted by Crippen LogP contribution is -2.57. The Kier molecular flexibility index (Phi) is 4.66. The van der Waals surface area contributed by atoms with Gasteiger partial charge in [-0.25, -0.2) is 0 Å². The van der Waals surface area contributed by atoms with Crippen LogP contribution >= 0.6 is 0 Å². The summed E-state index contributed by atoms with van der Waals surface area (Å²) in [6, 6.07) is 10.5. The highest BCUT2D eigenvalue weighted by atomic mass is 15.4. The van der Waals surface area contributed by atoms with Crippen LogP contribution in [0.5, 0.6) is 0 Å². The summed E-state index contributed by atoms with van der Waals surface area (Å²) in [7, 11) is 4.53. The van der Waals surface area contributed by atoms with E-state index in [1.807, 2.05) is 0 Å². The molecule has 2 aromatic rings. The van der Waals surface area contributed by atoms with Crippen molar-refractivity contribution in [2.24, 2.45) is 42.7 Å². The number of anilines is 2. The predicted octanol–water partition coefficient (Wildman–Crippen LogP) is 6.64. The number of hydrogen-bond donors (Lipinski definition) is 0. The van der Waals surface area contributed by atoms with Gasteiger partial charge in [0.15, 0.2) is 0 Å². The molecule has 35 heavy (non-hydrogen) atoms. The van der Waals surface area contributed by atoms with Crippen LogP contribution in [0.2, 0.25) is 0 Å². The highest BCUT2D eigenvalue weighted by molar-refractivity contribution is 5.53. The SMILES string of the molecule is CC1CC2(C)CC1(C)[C@H](C)N2c1ccc(CC2C(C)C3(C)CC2(C)[C@H](C)N3c2cccn2C)n1C. The maximum atomic E-state index is 2.80. The normalized spacial score (nSPS) is 46.4. The van der Waals surface area contributed by atoms with Gasteiger partial charge < -0.3 is 18.9 Å². The molecule has 2 saturated heterocycles. The van der Waals surface area contributed by atoms with E-state index in [-0.39, 0.29) is 5.54 Å². The minimum atomic E-state index is 0.208. The lowest BCUT2D eigenvalue weighted by atomic mass is 9.68. The molecule has 4 heterocycles. The number of aromatic nitrogens is 2. The van der Waals surface area contributed by atoms with Crippen LogP contribution in [0.25, 0.3) is 0 Å². The van der Waals surface area contributed by atoms with E-state index < -0.39 is 0 Å². The van der Waals surface area contributed by atoms with Crippen molar-refractivity contribution in [3.63, 3.8) is 0 Å². The second-order valence-electron chi connectivity index (χ2n) is 14.2. The minimum absolute atomic E-state index is 0.208. The molecule has 0 amide bonds. The molecule has 0 radical (unpaired) electrons. The van der Waals surface area contributed by atoms with Gasteiger partial charge in [-0.05, 0) is 106 Å². The van der Waals surface area contributed by atoms with Gasteiger partial charge in [0.1, 0.15) is 11.6 Å². The molecule has 6 rings (SSSR count). The van der Waals surface area contributed by atoms with E-state index >= 15 is 0 Å². The van der Waals surface area contributed by atoms with Crippen LogP contribution in [0.1, 0.15) is 80.3 Å². The number of fused-ring (bicyclic) bond motifs is 4. The van der Waals surface area contributed by atoms with E-state index in [1.165, 1.54) is 43.0 Å². The van der Waals surface area contributed by atoms with Crippen LogP contribution in [0.3, 0.4) is 0 Å². The number of aryl methyl sites for hydroxylation is 1. The van der Waals surface area contributed by atoms with Gasteiger partial charge >= 0.3 is 0 Å². The molecule has 7 unspecified atom stereocenters. The highest BCUT2D eigenvalue weighted by Crippen LogP contribution is 2.65. The highest BCUT2D eigenvalue weighted by Gasteiger charge is 2.67. The van der Waals surface area contributed by atoms with Gasteiger partial charge in [-0.15, -0.1) is 0 Å². The van der Waals surface area contributed by atoms with E-state index in [2.05, 4.69) is 119 Å². The molecule has 0 aromatic carbocycles. The topological polar surface area (TPSA) is 16.3 Å². The minimum Gasteiger partial charge on any atom is -0.349 e. The van der Waals surface area contributed by atoms with Crippen LogP contribution < -0.4 is 9.80 Å². The largest absolute Gasteiger partial charge is 0.349 e. The second-order valence-corrected chi connectivity index (χ2v) is 14.2. The number of hydrogen-bond acceptors (Lipinski definition) is 2. The van der Waals surface area contributed by atoms with Crippen molar-refractivity contribution in [2.45, 2.75) is 104 Å². The van der Waals surface area contributed by atoms with Crippen LogP contribution in [0.15, 0.2) is 30.5 Å². The predicted molar refractivity (Wildman–Crippen MR) is 147 cm³/mol. The summed E-state index contributed by atoms with van der Waals surface area (Å²) in [6.07, 6.45) is 7.30. The van der Waals surface area contributed by atoms with Crippen molar-refractivity contribution < 1.29 is 0 Å². The summed E-state index contributed by atoms with van der Waals surface area (Å²) in [5.74, 6) is 4.97. The Bertz CT molecular complexity index is 1160. The third-order valence-corrected chi connectivity index (χ3v) is 12.7. The summed E-state index contributed by atoms with van der Waals surface area (Å²) in [5.41, 5.74) is 2.76. The van der Waals surface area contributed by atoms with Gasteiger partial charge in [-0.3, -0.25) is 0 Å². The summed E-state index contributed by atoms with van der Waals surface area (Å²) in [6.45, 7) is 20.2. The van der Waals surface area contributed by atoms with Crippen molar-refractivity contribution in [3.8, 4) is 0 Å². The molecule has 9 atom stereocenters. The van der Waals surface area contributed by atoms with Crippen molar-refractivity contribution >= 4 is 11.6 Å². The molecule has 4 heteroatoms. The summed E-state index contributed by atoms with van der Waals surface area (Å²) in [4.78, 5) is 5.56. The van der Waals surface area contributed by atoms with Crippen molar-refractivity contribution in [1.29, 1.82) is 0 Å². The summed E-state index contributed by atoms with van der Waals surface area (Å²) in [5, 5.41) is 0. The molecule has 2 aliphatic heterocycles. The quantitative estimate of drug-likeness (QED) is 0.492. The van der Waals surface area contributed by atoms with Crippen molar-refractivity contribution in [2.75, 3.05) is 9.80 Å². The van der Waals surface area contributed by atoms with Crippen molar-refractivity contribution in [1.82, 2.24) is 9.13 Å². The third-order valence-electron chi connectivity index (χ3n) is 12.7.